The van der Waals surface area contributed by atoms with E-state index < -0.39 is 0 Å². The summed E-state index contributed by atoms with van der Waals surface area (Å²) in [6, 6.07) is 26.7. The minimum atomic E-state index is 0.782. The summed E-state index contributed by atoms with van der Waals surface area (Å²) in [5.41, 5.74) is 2.79. The van der Waals surface area contributed by atoms with Gasteiger partial charge in [0.15, 0.2) is 0 Å². The molecule has 22 heavy (non-hydrogen) atoms. The van der Waals surface area contributed by atoms with Gasteiger partial charge in [0.05, 0.1) is 11.6 Å². The molecule has 3 aromatic carbocycles. The van der Waals surface area contributed by atoms with Crippen molar-refractivity contribution < 1.29 is 9.15 Å². The van der Waals surface area contributed by atoms with E-state index in [9.17, 15) is 0 Å². The van der Waals surface area contributed by atoms with Crippen LogP contribution in [0.1, 0.15) is 0 Å². The van der Waals surface area contributed by atoms with Gasteiger partial charge >= 0.3 is 0 Å². The molecule has 0 saturated carbocycles. The first-order valence-electron chi connectivity index (χ1n) is 7.12. The van der Waals surface area contributed by atoms with Crippen LogP contribution >= 0.6 is 0 Å². The van der Waals surface area contributed by atoms with Gasteiger partial charge in [0.2, 0.25) is 0 Å². The molecule has 0 aliphatic carbocycles. The summed E-state index contributed by atoms with van der Waals surface area (Å²) in [6.45, 7) is 0. The Morgan fingerprint density at radius 3 is 2.50 bits per heavy atom. The maximum absolute atomic E-state index is 6.04. The van der Waals surface area contributed by atoms with E-state index in [0.717, 1.165) is 33.6 Å². The molecule has 0 amide bonds. The highest BCUT2D eigenvalue weighted by atomic mass is 16.5. The molecule has 4 aromatic rings. The maximum atomic E-state index is 6.04. The number of ether oxygens (including phenoxy) is 1. The molecular weight excluding hydrogens is 272 g/mol. The average molecular weight is 285 g/mol. The maximum Gasteiger partial charge on any atom is 0.139 e. The average Bonchev–Trinajstić information content (AvgIpc) is 3.02. The van der Waals surface area contributed by atoms with E-state index in [2.05, 4.69) is 6.07 Å². The summed E-state index contributed by atoms with van der Waals surface area (Å²) in [5, 5.41) is 0.966. The molecule has 0 spiro atoms. The molecule has 1 heterocycles. The lowest BCUT2D eigenvalue weighted by atomic mass is 10.0. The van der Waals surface area contributed by atoms with Gasteiger partial charge in [-0.3, -0.25) is 0 Å². The highest BCUT2D eigenvalue weighted by molar-refractivity contribution is 5.98. The molecule has 2 heteroatoms. The zero-order valence-electron chi connectivity index (χ0n) is 11.8. The number of rotatable bonds is 3. The second-order valence-electron chi connectivity index (χ2n) is 4.97. The Hall–Kier alpha value is -3.00. The van der Waals surface area contributed by atoms with E-state index in [4.69, 9.17) is 9.15 Å². The first-order valence-corrected chi connectivity index (χ1v) is 7.12. The van der Waals surface area contributed by atoms with Gasteiger partial charge < -0.3 is 9.15 Å². The van der Waals surface area contributed by atoms with Gasteiger partial charge in [0, 0.05) is 5.56 Å². The smallest absolute Gasteiger partial charge is 0.139 e. The first kappa shape index (κ1) is 12.7. The van der Waals surface area contributed by atoms with Crippen LogP contribution in [0.5, 0.6) is 11.5 Å². The van der Waals surface area contributed by atoms with E-state index in [0.29, 0.717) is 0 Å². The second kappa shape index (κ2) is 5.41. The number of benzene rings is 3. The predicted octanol–water partition coefficient (Wildman–Crippen LogP) is 5.69. The van der Waals surface area contributed by atoms with Gasteiger partial charge in [-0.05, 0) is 35.9 Å². The van der Waals surface area contributed by atoms with Gasteiger partial charge in [-0.25, -0.2) is 0 Å². The number of hydrogen-bond donors (Lipinski definition) is 0. The lowest BCUT2D eigenvalue weighted by Gasteiger charge is -2.08. The third-order valence-corrected chi connectivity index (χ3v) is 3.53. The van der Waals surface area contributed by atoms with Crippen molar-refractivity contribution in [3.63, 3.8) is 0 Å². The lowest BCUT2D eigenvalue weighted by Crippen LogP contribution is -1.85. The summed E-state index contributed by atoms with van der Waals surface area (Å²) < 4.78 is 11.7. The second-order valence-corrected chi connectivity index (χ2v) is 4.97. The molecule has 1 aromatic heterocycles. The fourth-order valence-electron chi connectivity index (χ4n) is 2.52. The number of hydrogen-bond acceptors (Lipinski definition) is 2. The topological polar surface area (TPSA) is 22.4 Å². The summed E-state index contributed by atoms with van der Waals surface area (Å²) in [7, 11) is 0. The quantitative estimate of drug-likeness (QED) is 0.482. The Morgan fingerprint density at radius 1 is 0.818 bits per heavy atom. The molecule has 0 saturated heterocycles. The van der Waals surface area contributed by atoms with E-state index >= 15 is 0 Å². The summed E-state index contributed by atoms with van der Waals surface area (Å²) in [5.74, 6) is 1.59. The Morgan fingerprint density at radius 2 is 1.68 bits per heavy atom. The lowest BCUT2D eigenvalue weighted by molar-refractivity contribution is 0.488. The molecule has 0 aliphatic rings. The van der Waals surface area contributed by atoms with Crippen molar-refractivity contribution in [1.82, 2.24) is 0 Å². The van der Waals surface area contributed by atoms with Crippen LogP contribution in [-0.4, -0.2) is 0 Å². The van der Waals surface area contributed by atoms with Gasteiger partial charge in [-0.1, -0.05) is 48.5 Å². The van der Waals surface area contributed by atoms with Crippen molar-refractivity contribution in [2.75, 3.05) is 0 Å². The SMILES string of the molecule is [c]1ccccc1-c1coc2cccc(Oc3ccccc3)c12. The molecule has 0 atom stereocenters. The minimum Gasteiger partial charge on any atom is -0.464 e. The molecule has 105 valence electrons. The molecule has 0 aliphatic heterocycles. The summed E-state index contributed by atoms with van der Waals surface area (Å²) >= 11 is 0. The van der Waals surface area contributed by atoms with Crippen molar-refractivity contribution in [3.05, 3.63) is 85.1 Å². The van der Waals surface area contributed by atoms with Crippen LogP contribution in [0.3, 0.4) is 0 Å². The molecule has 0 N–H and O–H groups in total. The highest BCUT2D eigenvalue weighted by Crippen LogP contribution is 2.38. The van der Waals surface area contributed by atoms with Crippen LogP contribution in [0.4, 0.5) is 0 Å². The van der Waals surface area contributed by atoms with Crippen molar-refractivity contribution in [3.8, 4) is 22.6 Å². The summed E-state index contributed by atoms with van der Waals surface area (Å²) in [4.78, 5) is 0. The normalized spacial score (nSPS) is 10.7. The number of furan rings is 1. The van der Waals surface area contributed by atoms with Crippen LogP contribution < -0.4 is 4.74 Å². The molecule has 1 radical (unpaired) electrons. The third-order valence-electron chi connectivity index (χ3n) is 3.53. The van der Waals surface area contributed by atoms with Gasteiger partial charge in [-0.15, -0.1) is 0 Å². The molecule has 2 nitrogen and oxygen atoms in total. The third kappa shape index (κ3) is 2.25. The van der Waals surface area contributed by atoms with Gasteiger partial charge in [-0.2, -0.15) is 0 Å². The molecule has 0 fully saturated rings. The van der Waals surface area contributed by atoms with E-state index in [1.807, 2.05) is 72.8 Å². The zero-order valence-corrected chi connectivity index (χ0v) is 11.8. The molecular formula is C20H13O2. The zero-order chi connectivity index (χ0) is 14.8. The van der Waals surface area contributed by atoms with Crippen molar-refractivity contribution in [1.29, 1.82) is 0 Å². The molecule has 0 unspecified atom stereocenters. The van der Waals surface area contributed by atoms with Crippen molar-refractivity contribution in [2.24, 2.45) is 0 Å². The monoisotopic (exact) mass is 285 g/mol. The van der Waals surface area contributed by atoms with Gasteiger partial charge in [0.1, 0.15) is 17.1 Å². The number of fused-ring (bicyclic) bond motifs is 1. The number of para-hydroxylation sites is 1. The Kier molecular flexibility index (Phi) is 3.13. The fourth-order valence-corrected chi connectivity index (χ4v) is 2.52. The van der Waals surface area contributed by atoms with E-state index in [1.165, 1.54) is 0 Å². The van der Waals surface area contributed by atoms with Crippen LogP contribution in [0.15, 0.2) is 83.5 Å². The van der Waals surface area contributed by atoms with Crippen LogP contribution in [0, 0.1) is 6.07 Å². The Labute approximate surface area is 128 Å². The van der Waals surface area contributed by atoms with Crippen molar-refractivity contribution >= 4 is 11.0 Å². The highest BCUT2D eigenvalue weighted by Gasteiger charge is 2.13. The first-order chi connectivity index (χ1) is 10.9. The molecule has 4 rings (SSSR count). The van der Waals surface area contributed by atoms with Crippen LogP contribution in [0.25, 0.3) is 22.1 Å². The summed E-state index contributed by atoms with van der Waals surface area (Å²) in [6.07, 6.45) is 1.76. The van der Waals surface area contributed by atoms with Gasteiger partial charge in [0.25, 0.3) is 0 Å². The Balaban J connectivity index is 1.87. The largest absolute Gasteiger partial charge is 0.464 e. The minimum absolute atomic E-state index is 0.782. The van der Waals surface area contributed by atoms with Crippen molar-refractivity contribution in [2.45, 2.75) is 0 Å². The predicted molar refractivity (Wildman–Crippen MR) is 87.0 cm³/mol. The van der Waals surface area contributed by atoms with Crippen LogP contribution in [-0.2, 0) is 0 Å². The van der Waals surface area contributed by atoms with E-state index in [1.54, 1.807) is 6.26 Å². The van der Waals surface area contributed by atoms with E-state index in [-0.39, 0.29) is 0 Å². The fraction of sp³-hybridized carbons (Fsp3) is 0. The standard InChI is InChI=1S/C20H13O2/c1-3-8-15(9-4-1)17-14-21-18-12-7-13-19(20(17)18)22-16-10-5-2-6-11-16/h1-8,10-14H. The Bertz CT molecular complexity index is 893. The van der Waals surface area contributed by atoms with Crippen LogP contribution in [0.2, 0.25) is 0 Å². The molecule has 0 bridgehead atoms.